The van der Waals surface area contributed by atoms with Gasteiger partial charge in [-0.3, -0.25) is 0 Å². The van der Waals surface area contributed by atoms with Crippen LogP contribution in [0.15, 0.2) is 12.4 Å². The second-order valence-electron chi connectivity index (χ2n) is 4.30. The third-order valence-electron chi connectivity index (χ3n) is 3.11. The third-order valence-corrected chi connectivity index (χ3v) is 3.11. The number of ether oxygens (including phenoxy) is 1. The van der Waals surface area contributed by atoms with Crippen LogP contribution in [0.4, 0.5) is 5.82 Å². The predicted molar refractivity (Wildman–Crippen MR) is 68.3 cm³/mol. The van der Waals surface area contributed by atoms with Crippen molar-refractivity contribution in [1.29, 1.82) is 0 Å². The Morgan fingerprint density at radius 1 is 1.56 bits per heavy atom. The van der Waals surface area contributed by atoms with E-state index >= 15 is 0 Å². The molecule has 0 aliphatic carbocycles. The highest BCUT2D eigenvalue weighted by Gasteiger charge is 2.12. The van der Waals surface area contributed by atoms with Crippen LogP contribution in [0, 0.1) is 6.92 Å². The molecule has 0 spiro atoms. The zero-order valence-electron chi connectivity index (χ0n) is 10.6. The molecule has 0 aliphatic heterocycles. The first-order chi connectivity index (χ1) is 8.67. The number of aryl methyl sites for hydroxylation is 2. The van der Waals surface area contributed by atoms with Gasteiger partial charge in [0.05, 0.1) is 12.7 Å². The first kappa shape index (κ1) is 12.8. The fourth-order valence-corrected chi connectivity index (χ4v) is 2.10. The molecule has 2 rings (SSSR count). The summed E-state index contributed by atoms with van der Waals surface area (Å²) in [5.74, 6) is 0.485. The highest BCUT2D eigenvalue weighted by atomic mass is 16.5. The second-order valence-corrected chi connectivity index (χ2v) is 4.30. The standard InChI is InChI=1S/C12H18N4O2/c1-8-5-9(3-4-10(6-17)18-2)16-11(8)12(13)14-7-15-16/h5,7,10,17H,3-4,6H2,1-2H3,(H2,13,14,15). The Labute approximate surface area is 105 Å². The van der Waals surface area contributed by atoms with Gasteiger partial charge in [-0.15, -0.1) is 0 Å². The maximum Gasteiger partial charge on any atom is 0.151 e. The summed E-state index contributed by atoms with van der Waals surface area (Å²) in [5.41, 5.74) is 8.80. The quantitative estimate of drug-likeness (QED) is 0.809. The predicted octanol–water partition coefficient (Wildman–Crippen LogP) is 0.560. The number of aliphatic hydroxyl groups excluding tert-OH is 1. The number of hydrogen-bond acceptors (Lipinski definition) is 5. The van der Waals surface area contributed by atoms with Gasteiger partial charge < -0.3 is 15.6 Å². The zero-order valence-corrected chi connectivity index (χ0v) is 10.6. The number of anilines is 1. The molecule has 18 heavy (non-hydrogen) atoms. The molecule has 0 radical (unpaired) electrons. The first-order valence-electron chi connectivity index (χ1n) is 5.88. The number of aromatic nitrogens is 3. The van der Waals surface area contributed by atoms with Gasteiger partial charge in [-0.05, 0) is 31.4 Å². The number of methoxy groups -OCH3 is 1. The summed E-state index contributed by atoms with van der Waals surface area (Å²) in [6, 6.07) is 2.05. The molecule has 1 unspecified atom stereocenters. The van der Waals surface area contributed by atoms with Crippen molar-refractivity contribution in [2.45, 2.75) is 25.9 Å². The lowest BCUT2D eigenvalue weighted by Gasteiger charge is -2.11. The van der Waals surface area contributed by atoms with E-state index < -0.39 is 0 Å². The van der Waals surface area contributed by atoms with Gasteiger partial charge in [-0.25, -0.2) is 9.50 Å². The molecule has 0 aromatic carbocycles. The molecule has 2 aromatic rings. The Morgan fingerprint density at radius 3 is 3.00 bits per heavy atom. The molecule has 6 heteroatoms. The number of rotatable bonds is 5. The van der Waals surface area contributed by atoms with Crippen LogP contribution in [0.1, 0.15) is 17.7 Å². The van der Waals surface area contributed by atoms with E-state index in [0.29, 0.717) is 5.82 Å². The minimum Gasteiger partial charge on any atom is -0.394 e. The lowest BCUT2D eigenvalue weighted by Crippen LogP contribution is -2.16. The molecule has 3 N–H and O–H groups in total. The number of nitrogens with zero attached hydrogens (tertiary/aromatic N) is 3. The van der Waals surface area contributed by atoms with Gasteiger partial charge in [0.1, 0.15) is 11.8 Å². The van der Waals surface area contributed by atoms with Crippen molar-refractivity contribution in [2.24, 2.45) is 0 Å². The normalized spacial score (nSPS) is 13.1. The monoisotopic (exact) mass is 250 g/mol. The van der Waals surface area contributed by atoms with E-state index in [-0.39, 0.29) is 12.7 Å². The number of nitrogens with two attached hydrogens (primary N) is 1. The van der Waals surface area contributed by atoms with Crippen LogP contribution in [0.2, 0.25) is 0 Å². The summed E-state index contributed by atoms with van der Waals surface area (Å²) in [7, 11) is 1.60. The summed E-state index contributed by atoms with van der Waals surface area (Å²) in [5, 5.41) is 13.3. The molecule has 6 nitrogen and oxygen atoms in total. The Balaban J connectivity index is 2.27. The van der Waals surface area contributed by atoms with E-state index in [9.17, 15) is 0 Å². The molecule has 0 saturated heterocycles. The van der Waals surface area contributed by atoms with Crippen LogP contribution in [-0.2, 0) is 11.2 Å². The van der Waals surface area contributed by atoms with Gasteiger partial charge in [0.2, 0.25) is 0 Å². The van der Waals surface area contributed by atoms with Crippen molar-refractivity contribution in [3.8, 4) is 0 Å². The molecule has 1 atom stereocenters. The van der Waals surface area contributed by atoms with Crippen LogP contribution in [0.5, 0.6) is 0 Å². The Hall–Kier alpha value is -1.66. The Kier molecular flexibility index (Phi) is 3.78. The molecule has 98 valence electrons. The molecular formula is C12H18N4O2. The molecule has 0 saturated carbocycles. The van der Waals surface area contributed by atoms with Crippen molar-refractivity contribution in [1.82, 2.24) is 14.6 Å². The lowest BCUT2D eigenvalue weighted by atomic mass is 10.1. The second kappa shape index (κ2) is 5.32. The summed E-state index contributed by atoms with van der Waals surface area (Å²) in [6.07, 6.45) is 2.81. The minimum atomic E-state index is -0.143. The van der Waals surface area contributed by atoms with E-state index in [4.69, 9.17) is 15.6 Å². The van der Waals surface area contributed by atoms with E-state index in [2.05, 4.69) is 10.1 Å². The summed E-state index contributed by atoms with van der Waals surface area (Å²) < 4.78 is 6.95. The average Bonchev–Trinajstić information content (AvgIpc) is 2.69. The number of hydrogen-bond donors (Lipinski definition) is 2. The van der Waals surface area contributed by atoms with Crippen molar-refractivity contribution in [3.05, 3.63) is 23.7 Å². The summed E-state index contributed by atoms with van der Waals surface area (Å²) in [4.78, 5) is 3.99. The first-order valence-corrected chi connectivity index (χ1v) is 5.88. The molecule has 0 bridgehead atoms. The van der Waals surface area contributed by atoms with Crippen LogP contribution in [0.25, 0.3) is 5.52 Å². The molecule has 2 heterocycles. The number of nitrogen functional groups attached to an aromatic ring is 1. The van der Waals surface area contributed by atoms with Crippen LogP contribution in [0.3, 0.4) is 0 Å². The molecule has 0 fully saturated rings. The van der Waals surface area contributed by atoms with Gasteiger partial charge in [0.15, 0.2) is 5.82 Å². The van der Waals surface area contributed by atoms with Gasteiger partial charge in [-0.1, -0.05) is 0 Å². The van der Waals surface area contributed by atoms with E-state index in [1.807, 2.05) is 17.5 Å². The van der Waals surface area contributed by atoms with E-state index in [0.717, 1.165) is 29.6 Å². The van der Waals surface area contributed by atoms with E-state index in [1.165, 1.54) is 6.33 Å². The topological polar surface area (TPSA) is 85.7 Å². The van der Waals surface area contributed by atoms with Gasteiger partial charge in [0, 0.05) is 12.8 Å². The van der Waals surface area contributed by atoms with Crippen molar-refractivity contribution >= 4 is 11.3 Å². The maximum atomic E-state index is 9.09. The zero-order chi connectivity index (χ0) is 13.1. The van der Waals surface area contributed by atoms with Crippen LogP contribution >= 0.6 is 0 Å². The van der Waals surface area contributed by atoms with Crippen molar-refractivity contribution < 1.29 is 9.84 Å². The Morgan fingerprint density at radius 2 is 2.33 bits per heavy atom. The molecule has 0 amide bonds. The fraction of sp³-hybridized carbons (Fsp3) is 0.500. The molecular weight excluding hydrogens is 232 g/mol. The van der Waals surface area contributed by atoms with Crippen molar-refractivity contribution in [2.75, 3.05) is 19.5 Å². The highest BCUT2D eigenvalue weighted by molar-refractivity contribution is 5.70. The molecule has 0 aliphatic rings. The average molecular weight is 250 g/mol. The molecule has 2 aromatic heterocycles. The minimum absolute atomic E-state index is 0.0237. The summed E-state index contributed by atoms with van der Waals surface area (Å²) in [6.45, 7) is 2.01. The van der Waals surface area contributed by atoms with Crippen LogP contribution in [-0.4, -0.2) is 39.5 Å². The Bertz CT molecular complexity index is 534. The van der Waals surface area contributed by atoms with Gasteiger partial charge >= 0.3 is 0 Å². The maximum absolute atomic E-state index is 9.09. The van der Waals surface area contributed by atoms with Gasteiger partial charge in [-0.2, -0.15) is 5.10 Å². The fourth-order valence-electron chi connectivity index (χ4n) is 2.10. The highest BCUT2D eigenvalue weighted by Crippen LogP contribution is 2.20. The smallest absolute Gasteiger partial charge is 0.151 e. The van der Waals surface area contributed by atoms with E-state index in [1.54, 1.807) is 7.11 Å². The summed E-state index contributed by atoms with van der Waals surface area (Å²) >= 11 is 0. The van der Waals surface area contributed by atoms with Crippen LogP contribution < -0.4 is 5.73 Å². The van der Waals surface area contributed by atoms with Crippen molar-refractivity contribution in [3.63, 3.8) is 0 Å². The number of fused-ring (bicyclic) bond motifs is 1. The van der Waals surface area contributed by atoms with Gasteiger partial charge in [0.25, 0.3) is 0 Å². The SMILES string of the molecule is COC(CO)CCc1cc(C)c2c(N)ncnn12. The largest absolute Gasteiger partial charge is 0.394 e. The third kappa shape index (κ3) is 2.30. The lowest BCUT2D eigenvalue weighted by molar-refractivity contribution is 0.0433. The number of aliphatic hydroxyl groups is 1.